The highest BCUT2D eigenvalue weighted by atomic mass is 79.9. The summed E-state index contributed by atoms with van der Waals surface area (Å²) in [7, 11) is 1.83. The second kappa shape index (κ2) is 6.13. The molecule has 1 atom stereocenters. The van der Waals surface area contributed by atoms with Gasteiger partial charge in [0.1, 0.15) is 0 Å². The number of carbonyl (C=O) groups excluding carboxylic acids is 1. The quantitative estimate of drug-likeness (QED) is 0.841. The smallest absolute Gasteiger partial charge is 0.177 e. The molecule has 1 rings (SSSR count). The van der Waals surface area contributed by atoms with Gasteiger partial charge in [-0.1, -0.05) is 34.1 Å². The zero-order valence-electron chi connectivity index (χ0n) is 9.48. The SMILES string of the molecule is CC(CO)N(C)CC(=O)c1ccccc1Br. The molecule has 0 radical (unpaired) electrons. The fourth-order valence-electron chi connectivity index (χ4n) is 1.29. The molecule has 1 aromatic rings. The highest BCUT2D eigenvalue weighted by molar-refractivity contribution is 9.10. The van der Waals surface area contributed by atoms with Crippen molar-refractivity contribution in [3.63, 3.8) is 0 Å². The summed E-state index contributed by atoms with van der Waals surface area (Å²) < 4.78 is 0.810. The second-order valence-electron chi connectivity index (χ2n) is 3.85. The van der Waals surface area contributed by atoms with Gasteiger partial charge in [-0.25, -0.2) is 0 Å². The van der Waals surface area contributed by atoms with Crippen LogP contribution in [0.1, 0.15) is 17.3 Å². The lowest BCUT2D eigenvalue weighted by atomic mass is 10.1. The number of hydrogen-bond donors (Lipinski definition) is 1. The minimum Gasteiger partial charge on any atom is -0.395 e. The first kappa shape index (κ1) is 13.4. The third-order valence-corrected chi connectivity index (χ3v) is 3.28. The van der Waals surface area contributed by atoms with Crippen molar-refractivity contribution in [3.8, 4) is 0 Å². The largest absolute Gasteiger partial charge is 0.395 e. The fourth-order valence-corrected chi connectivity index (χ4v) is 1.80. The minimum absolute atomic E-state index is 0.00793. The number of ketones is 1. The van der Waals surface area contributed by atoms with Gasteiger partial charge in [-0.05, 0) is 20.0 Å². The molecule has 1 aromatic carbocycles. The van der Waals surface area contributed by atoms with Crippen LogP contribution in [0.15, 0.2) is 28.7 Å². The molecule has 0 aliphatic rings. The predicted molar refractivity (Wildman–Crippen MR) is 67.7 cm³/mol. The number of likely N-dealkylation sites (N-methyl/N-ethyl adjacent to an activating group) is 1. The van der Waals surface area contributed by atoms with Crippen LogP contribution in [0.2, 0.25) is 0 Å². The molecule has 0 fully saturated rings. The predicted octanol–water partition coefficient (Wildman–Crippen LogP) is 1.94. The van der Waals surface area contributed by atoms with Gasteiger partial charge in [-0.2, -0.15) is 0 Å². The van der Waals surface area contributed by atoms with Crippen molar-refractivity contribution < 1.29 is 9.90 Å². The lowest BCUT2D eigenvalue weighted by Gasteiger charge is -2.21. The maximum absolute atomic E-state index is 11.9. The highest BCUT2D eigenvalue weighted by Crippen LogP contribution is 2.16. The number of halogens is 1. The molecule has 0 saturated carbocycles. The highest BCUT2D eigenvalue weighted by Gasteiger charge is 2.15. The summed E-state index contributed by atoms with van der Waals surface area (Å²) >= 11 is 3.35. The molecule has 0 spiro atoms. The lowest BCUT2D eigenvalue weighted by Crippen LogP contribution is -2.36. The van der Waals surface area contributed by atoms with Crippen LogP contribution < -0.4 is 0 Å². The van der Waals surface area contributed by atoms with Crippen LogP contribution in [0.25, 0.3) is 0 Å². The fraction of sp³-hybridized carbons (Fsp3) is 0.417. The summed E-state index contributed by atoms with van der Waals surface area (Å²) in [6, 6.07) is 7.35. The molecule has 0 aromatic heterocycles. The number of rotatable bonds is 5. The summed E-state index contributed by atoms with van der Waals surface area (Å²) in [5.41, 5.74) is 0.680. The Hall–Kier alpha value is -0.710. The summed E-state index contributed by atoms with van der Waals surface area (Å²) in [6.07, 6.45) is 0. The molecular weight excluding hydrogens is 270 g/mol. The first-order chi connectivity index (χ1) is 7.56. The Morgan fingerprint density at radius 3 is 2.69 bits per heavy atom. The van der Waals surface area contributed by atoms with Gasteiger partial charge < -0.3 is 5.11 Å². The number of Topliss-reactive ketones (excluding diaryl/α,β-unsaturated/α-hetero) is 1. The van der Waals surface area contributed by atoms with E-state index in [0.717, 1.165) is 4.47 Å². The van der Waals surface area contributed by atoms with Crippen molar-refractivity contribution in [1.29, 1.82) is 0 Å². The third-order valence-electron chi connectivity index (χ3n) is 2.58. The van der Waals surface area contributed by atoms with Crippen molar-refractivity contribution in [2.45, 2.75) is 13.0 Å². The average Bonchev–Trinajstić information content (AvgIpc) is 2.28. The van der Waals surface area contributed by atoms with Crippen LogP contribution in [0.4, 0.5) is 0 Å². The maximum Gasteiger partial charge on any atom is 0.177 e. The first-order valence-corrected chi connectivity index (χ1v) is 5.94. The number of hydrogen-bond acceptors (Lipinski definition) is 3. The Balaban J connectivity index is 2.70. The summed E-state index contributed by atoms with van der Waals surface area (Å²) in [6.45, 7) is 2.25. The Morgan fingerprint density at radius 2 is 2.12 bits per heavy atom. The first-order valence-electron chi connectivity index (χ1n) is 5.15. The number of aliphatic hydroxyl groups is 1. The molecule has 0 amide bonds. The summed E-state index contributed by atoms with van der Waals surface area (Å²) in [5.74, 6) is 0.0512. The van der Waals surface area contributed by atoms with Crippen molar-refractivity contribution >= 4 is 21.7 Å². The van der Waals surface area contributed by atoms with Crippen LogP contribution in [0.5, 0.6) is 0 Å². The molecular formula is C12H16BrNO2. The van der Waals surface area contributed by atoms with Crippen molar-refractivity contribution in [2.75, 3.05) is 20.2 Å². The van der Waals surface area contributed by atoms with E-state index in [1.54, 1.807) is 6.07 Å². The molecule has 0 heterocycles. The van der Waals surface area contributed by atoms with Gasteiger partial charge in [0.2, 0.25) is 0 Å². The summed E-state index contributed by atoms with van der Waals surface area (Å²) in [4.78, 5) is 13.8. The normalized spacial score (nSPS) is 12.8. The van der Waals surface area contributed by atoms with E-state index in [0.29, 0.717) is 12.1 Å². The zero-order chi connectivity index (χ0) is 12.1. The van der Waals surface area contributed by atoms with E-state index >= 15 is 0 Å². The van der Waals surface area contributed by atoms with Crippen molar-refractivity contribution in [1.82, 2.24) is 4.90 Å². The molecule has 0 saturated heterocycles. The molecule has 16 heavy (non-hydrogen) atoms. The molecule has 0 aliphatic carbocycles. The maximum atomic E-state index is 11.9. The van der Waals surface area contributed by atoms with Crippen LogP contribution in [0.3, 0.4) is 0 Å². The van der Waals surface area contributed by atoms with Gasteiger partial charge in [0.05, 0.1) is 13.2 Å². The van der Waals surface area contributed by atoms with E-state index in [9.17, 15) is 4.79 Å². The molecule has 88 valence electrons. The van der Waals surface area contributed by atoms with Crippen molar-refractivity contribution in [2.24, 2.45) is 0 Å². The molecule has 0 bridgehead atoms. The third kappa shape index (κ3) is 3.40. The lowest BCUT2D eigenvalue weighted by molar-refractivity contribution is 0.0889. The number of benzene rings is 1. The van der Waals surface area contributed by atoms with E-state index in [1.807, 2.05) is 37.1 Å². The second-order valence-corrected chi connectivity index (χ2v) is 4.70. The van der Waals surface area contributed by atoms with Gasteiger partial charge in [-0.3, -0.25) is 9.69 Å². The van der Waals surface area contributed by atoms with Crippen LogP contribution in [0, 0.1) is 0 Å². The Bertz CT molecular complexity index is 368. The van der Waals surface area contributed by atoms with Gasteiger partial charge in [0.25, 0.3) is 0 Å². The average molecular weight is 286 g/mol. The van der Waals surface area contributed by atoms with Crippen molar-refractivity contribution in [3.05, 3.63) is 34.3 Å². The Labute approximate surface area is 104 Å². The van der Waals surface area contributed by atoms with Crippen LogP contribution >= 0.6 is 15.9 Å². The molecule has 0 aliphatic heterocycles. The Morgan fingerprint density at radius 1 is 1.50 bits per heavy atom. The monoisotopic (exact) mass is 285 g/mol. The Kier molecular flexibility index (Phi) is 5.12. The van der Waals surface area contributed by atoms with E-state index in [1.165, 1.54) is 0 Å². The van der Waals surface area contributed by atoms with E-state index < -0.39 is 0 Å². The molecule has 4 heteroatoms. The number of carbonyl (C=O) groups is 1. The minimum atomic E-state index is -0.00793. The van der Waals surface area contributed by atoms with Crippen LogP contribution in [-0.4, -0.2) is 42.0 Å². The number of nitrogens with zero attached hydrogens (tertiary/aromatic N) is 1. The van der Waals surface area contributed by atoms with Crippen LogP contribution in [-0.2, 0) is 0 Å². The van der Waals surface area contributed by atoms with E-state index in [2.05, 4.69) is 15.9 Å². The standard InChI is InChI=1S/C12H16BrNO2/c1-9(8-15)14(2)7-12(16)10-5-3-4-6-11(10)13/h3-6,9,15H,7-8H2,1-2H3. The van der Waals surface area contributed by atoms with E-state index in [4.69, 9.17) is 5.11 Å². The van der Waals surface area contributed by atoms with E-state index in [-0.39, 0.29) is 18.4 Å². The molecule has 3 nitrogen and oxygen atoms in total. The van der Waals surface area contributed by atoms with Gasteiger partial charge in [0, 0.05) is 16.1 Å². The topological polar surface area (TPSA) is 40.5 Å². The molecule has 1 N–H and O–H groups in total. The summed E-state index contributed by atoms with van der Waals surface area (Å²) in [5, 5.41) is 8.98. The zero-order valence-corrected chi connectivity index (χ0v) is 11.1. The van der Waals surface area contributed by atoms with Gasteiger partial charge >= 0.3 is 0 Å². The van der Waals surface area contributed by atoms with Gasteiger partial charge in [0.15, 0.2) is 5.78 Å². The number of aliphatic hydroxyl groups excluding tert-OH is 1. The molecule has 1 unspecified atom stereocenters. The van der Waals surface area contributed by atoms with Gasteiger partial charge in [-0.15, -0.1) is 0 Å².